The van der Waals surface area contributed by atoms with Crippen LogP contribution in [0.5, 0.6) is 0 Å². The molecule has 1 saturated heterocycles. The van der Waals surface area contributed by atoms with E-state index in [0.717, 1.165) is 48.3 Å². The third-order valence-electron chi connectivity index (χ3n) is 7.53. The molecule has 2 heterocycles. The van der Waals surface area contributed by atoms with E-state index >= 15 is 0 Å². The minimum absolute atomic E-state index is 0.0589. The molecule has 0 spiro atoms. The van der Waals surface area contributed by atoms with Crippen molar-refractivity contribution in [3.8, 4) is 0 Å². The maximum Gasteiger partial charge on any atom is 0.262 e. The summed E-state index contributed by atoms with van der Waals surface area (Å²) in [5.74, 6) is -0.852. The summed E-state index contributed by atoms with van der Waals surface area (Å²) >= 11 is 6.11. The highest BCUT2D eigenvalue weighted by Crippen LogP contribution is 2.32. The largest absolute Gasteiger partial charge is 0.345 e. The summed E-state index contributed by atoms with van der Waals surface area (Å²) in [6, 6.07) is 20.1. The number of carbonyl (C=O) groups is 2. The molecule has 0 aliphatic carbocycles. The second kappa shape index (κ2) is 11.1. The Morgan fingerprint density at radius 1 is 0.974 bits per heavy atom. The summed E-state index contributed by atoms with van der Waals surface area (Å²) in [6.07, 6.45) is 2.61. The van der Waals surface area contributed by atoms with Gasteiger partial charge in [-0.25, -0.2) is 4.39 Å². The van der Waals surface area contributed by atoms with Gasteiger partial charge in [-0.3, -0.25) is 14.5 Å². The number of hydrogen-bond donors (Lipinski definition) is 1. The molecule has 0 aromatic heterocycles. The molecule has 0 radical (unpaired) electrons. The zero-order chi connectivity index (χ0) is 26.8. The summed E-state index contributed by atoms with van der Waals surface area (Å²) in [7, 11) is 0. The van der Waals surface area contributed by atoms with Crippen molar-refractivity contribution in [1.82, 2.24) is 15.1 Å². The number of hydrogen-bond acceptors (Lipinski definition) is 3. The quantitative estimate of drug-likeness (QED) is 0.411. The number of nitrogens with one attached hydrogen (secondary N) is 1. The van der Waals surface area contributed by atoms with Gasteiger partial charge in [-0.2, -0.15) is 0 Å². The maximum absolute atomic E-state index is 14.3. The summed E-state index contributed by atoms with van der Waals surface area (Å²) in [5, 5.41) is 3.40. The first-order valence-electron chi connectivity index (χ1n) is 12.9. The number of likely N-dealkylation sites (tertiary alicyclic amines) is 1. The van der Waals surface area contributed by atoms with Gasteiger partial charge in [0.05, 0.1) is 16.6 Å². The Bertz CT molecular complexity index is 1350. The smallest absolute Gasteiger partial charge is 0.262 e. The normalized spacial score (nSPS) is 17.7. The fourth-order valence-electron chi connectivity index (χ4n) is 5.57. The average Bonchev–Trinajstić information content (AvgIpc) is 3.46. The Labute approximate surface area is 227 Å². The van der Waals surface area contributed by atoms with Gasteiger partial charge in [-0.05, 0) is 54.7 Å². The Balaban J connectivity index is 1.25. The Kier molecular flexibility index (Phi) is 7.63. The van der Waals surface area contributed by atoms with Crippen molar-refractivity contribution in [3.05, 3.63) is 117 Å². The van der Waals surface area contributed by atoms with Gasteiger partial charge in [0.15, 0.2) is 0 Å². The van der Waals surface area contributed by atoms with E-state index in [2.05, 4.69) is 10.2 Å². The summed E-state index contributed by atoms with van der Waals surface area (Å²) < 4.78 is 14.3. The molecular weight excluding hydrogens is 501 g/mol. The number of carbonyl (C=O) groups excluding carboxylic acids is 2. The lowest BCUT2D eigenvalue weighted by atomic mass is 9.99. The molecule has 3 aromatic carbocycles. The molecule has 2 amide bonds. The van der Waals surface area contributed by atoms with Crippen molar-refractivity contribution in [3.63, 3.8) is 0 Å². The van der Waals surface area contributed by atoms with Crippen LogP contribution in [0.4, 0.5) is 4.39 Å². The number of aryl methyl sites for hydroxylation is 2. The fourth-order valence-corrected chi connectivity index (χ4v) is 5.82. The molecule has 7 heteroatoms. The van der Waals surface area contributed by atoms with Crippen LogP contribution in [0.2, 0.25) is 5.02 Å². The van der Waals surface area contributed by atoms with Crippen molar-refractivity contribution in [2.75, 3.05) is 26.2 Å². The predicted octanol–water partition coefficient (Wildman–Crippen LogP) is 5.93. The van der Waals surface area contributed by atoms with Crippen LogP contribution >= 0.6 is 11.6 Å². The van der Waals surface area contributed by atoms with Crippen LogP contribution in [-0.2, 0) is 0 Å². The van der Waals surface area contributed by atoms with Crippen molar-refractivity contribution < 1.29 is 14.0 Å². The molecule has 5 rings (SSSR count). The average molecular weight is 532 g/mol. The molecule has 0 saturated carbocycles. The Morgan fingerprint density at radius 2 is 1.68 bits per heavy atom. The fraction of sp³-hybridized carbons (Fsp3) is 0.290. The summed E-state index contributed by atoms with van der Waals surface area (Å²) in [4.78, 5) is 30.2. The molecule has 1 unspecified atom stereocenters. The molecule has 38 heavy (non-hydrogen) atoms. The summed E-state index contributed by atoms with van der Waals surface area (Å²) in [6.45, 7) is 6.79. The van der Waals surface area contributed by atoms with E-state index in [1.807, 2.05) is 68.6 Å². The molecule has 1 fully saturated rings. The van der Waals surface area contributed by atoms with Gasteiger partial charge in [-0.15, -0.1) is 0 Å². The van der Waals surface area contributed by atoms with Crippen LogP contribution in [0.1, 0.15) is 49.9 Å². The molecule has 3 aromatic rings. The topological polar surface area (TPSA) is 52.7 Å². The van der Waals surface area contributed by atoms with Crippen LogP contribution in [0.3, 0.4) is 0 Å². The summed E-state index contributed by atoms with van der Waals surface area (Å²) in [5.41, 5.74) is 4.82. The first-order chi connectivity index (χ1) is 18.3. The monoisotopic (exact) mass is 531 g/mol. The van der Waals surface area contributed by atoms with Gasteiger partial charge in [0.25, 0.3) is 11.8 Å². The van der Waals surface area contributed by atoms with E-state index in [4.69, 9.17) is 11.6 Å². The number of rotatable bonds is 7. The second-order valence-corrected chi connectivity index (χ2v) is 10.6. The number of benzene rings is 3. The van der Waals surface area contributed by atoms with Crippen LogP contribution < -0.4 is 5.32 Å². The molecule has 1 N–H and O–H groups in total. The standard InChI is InChI=1S/C31H31ClFN3O2/c1-20-8-6-9-21(2)28(20)30(37)34-27(22-10-4-3-5-11-22)14-15-35-16-23-18-36(19-24(23)17-35)31(38)29-25(32)12-7-13-26(29)33/h3-13,18,24,27H,14-17,19H2,1-2H3,(H,34,37)/t24?,27-/m0/s1. The molecule has 2 aliphatic rings. The second-order valence-electron chi connectivity index (χ2n) is 10.2. The third-order valence-corrected chi connectivity index (χ3v) is 7.85. The number of fused-ring (bicyclic) bond motifs is 1. The van der Waals surface area contributed by atoms with Crippen molar-refractivity contribution >= 4 is 23.4 Å². The minimum Gasteiger partial charge on any atom is -0.345 e. The molecule has 5 nitrogen and oxygen atoms in total. The van der Waals surface area contributed by atoms with Crippen LogP contribution in [0.15, 0.2) is 78.5 Å². The molecule has 2 atom stereocenters. The first kappa shape index (κ1) is 26.1. The number of halogens is 2. The van der Waals surface area contributed by atoms with Crippen molar-refractivity contribution in [2.24, 2.45) is 5.92 Å². The maximum atomic E-state index is 14.3. The van der Waals surface area contributed by atoms with Crippen molar-refractivity contribution in [2.45, 2.75) is 26.3 Å². The van der Waals surface area contributed by atoms with E-state index in [1.54, 1.807) is 4.90 Å². The van der Waals surface area contributed by atoms with Crippen LogP contribution in [-0.4, -0.2) is 47.8 Å². The van der Waals surface area contributed by atoms with E-state index in [1.165, 1.54) is 23.8 Å². The van der Waals surface area contributed by atoms with E-state index in [0.29, 0.717) is 6.54 Å². The zero-order valence-corrected chi connectivity index (χ0v) is 22.3. The minimum atomic E-state index is -0.602. The first-order valence-corrected chi connectivity index (χ1v) is 13.3. The van der Waals surface area contributed by atoms with Crippen LogP contribution in [0, 0.1) is 25.6 Å². The predicted molar refractivity (Wildman–Crippen MR) is 148 cm³/mol. The Hall–Kier alpha value is -3.48. The van der Waals surface area contributed by atoms with Gasteiger partial charge < -0.3 is 10.2 Å². The highest BCUT2D eigenvalue weighted by atomic mass is 35.5. The van der Waals surface area contributed by atoms with E-state index in [-0.39, 0.29) is 28.5 Å². The Morgan fingerprint density at radius 3 is 2.37 bits per heavy atom. The lowest BCUT2D eigenvalue weighted by Crippen LogP contribution is -2.34. The van der Waals surface area contributed by atoms with E-state index < -0.39 is 11.7 Å². The third kappa shape index (κ3) is 5.38. The highest BCUT2D eigenvalue weighted by molar-refractivity contribution is 6.33. The molecule has 196 valence electrons. The lowest BCUT2D eigenvalue weighted by molar-refractivity contribution is 0.0816. The van der Waals surface area contributed by atoms with Gasteiger partial charge >= 0.3 is 0 Å². The molecular formula is C31H31ClFN3O2. The van der Waals surface area contributed by atoms with Gasteiger partial charge in [0.1, 0.15) is 5.82 Å². The number of amides is 2. The van der Waals surface area contributed by atoms with E-state index in [9.17, 15) is 14.0 Å². The highest BCUT2D eigenvalue weighted by Gasteiger charge is 2.36. The molecule has 0 bridgehead atoms. The van der Waals surface area contributed by atoms with Crippen molar-refractivity contribution in [1.29, 1.82) is 0 Å². The van der Waals surface area contributed by atoms with Crippen LogP contribution in [0.25, 0.3) is 0 Å². The van der Waals surface area contributed by atoms with Gasteiger partial charge in [0.2, 0.25) is 0 Å². The lowest BCUT2D eigenvalue weighted by Gasteiger charge is -2.24. The van der Waals surface area contributed by atoms with Gasteiger partial charge in [0, 0.05) is 43.9 Å². The zero-order valence-electron chi connectivity index (χ0n) is 21.6. The SMILES string of the molecule is Cc1cccc(C)c1C(=O)N[C@@H](CCN1CC2=CN(C(=O)c3c(F)cccc3Cl)CC2C1)c1ccccc1. The van der Waals surface area contributed by atoms with Gasteiger partial charge in [-0.1, -0.05) is 66.2 Å². The molecule has 2 aliphatic heterocycles. The number of nitrogens with zero attached hydrogens (tertiary/aromatic N) is 2.